The van der Waals surface area contributed by atoms with E-state index in [0.717, 1.165) is 19.3 Å². The van der Waals surface area contributed by atoms with Gasteiger partial charge in [0.05, 0.1) is 10.8 Å². The molecule has 3 rings (SSSR count). The zero-order valence-electron chi connectivity index (χ0n) is 15.7. The van der Waals surface area contributed by atoms with Gasteiger partial charge in [-0.15, -0.1) is 0 Å². The fourth-order valence-corrected chi connectivity index (χ4v) is 5.76. The second-order valence-electron chi connectivity index (χ2n) is 7.46. The molecule has 2 heterocycles. The SMILES string of the molecule is CC1C(C(=O)O)CCN1C(=O)c1ccc(S(=O)(=O)N2CCCCC2C)cc1. The molecule has 8 heteroatoms. The normalized spacial score (nSPS) is 26.9. The average molecular weight is 394 g/mol. The van der Waals surface area contributed by atoms with Crippen LogP contribution in [0.1, 0.15) is 49.9 Å². The summed E-state index contributed by atoms with van der Waals surface area (Å²) in [4.78, 5) is 25.7. The van der Waals surface area contributed by atoms with Gasteiger partial charge in [0.1, 0.15) is 0 Å². The van der Waals surface area contributed by atoms with Gasteiger partial charge in [-0.2, -0.15) is 4.31 Å². The highest BCUT2D eigenvalue weighted by molar-refractivity contribution is 7.89. The molecule has 1 aromatic carbocycles. The van der Waals surface area contributed by atoms with E-state index in [9.17, 15) is 23.1 Å². The Morgan fingerprint density at radius 1 is 1.04 bits per heavy atom. The van der Waals surface area contributed by atoms with Gasteiger partial charge >= 0.3 is 5.97 Å². The smallest absolute Gasteiger partial charge is 0.308 e. The third-order valence-electron chi connectivity index (χ3n) is 5.78. The number of carbonyl (C=O) groups is 2. The van der Waals surface area contributed by atoms with Gasteiger partial charge in [-0.1, -0.05) is 6.42 Å². The molecule has 0 bridgehead atoms. The van der Waals surface area contributed by atoms with E-state index in [-0.39, 0.29) is 22.9 Å². The van der Waals surface area contributed by atoms with Crippen LogP contribution in [0.5, 0.6) is 0 Å². The summed E-state index contributed by atoms with van der Waals surface area (Å²) in [6, 6.07) is 5.57. The Morgan fingerprint density at radius 2 is 1.70 bits per heavy atom. The lowest BCUT2D eigenvalue weighted by Gasteiger charge is -2.32. The maximum absolute atomic E-state index is 12.9. The Balaban J connectivity index is 1.77. The van der Waals surface area contributed by atoms with Crippen molar-refractivity contribution in [2.75, 3.05) is 13.1 Å². The Kier molecular flexibility index (Phi) is 5.58. The van der Waals surface area contributed by atoms with Gasteiger partial charge in [0.15, 0.2) is 0 Å². The van der Waals surface area contributed by atoms with Gasteiger partial charge in [-0.3, -0.25) is 9.59 Å². The number of carboxylic acid groups (broad SMARTS) is 1. The maximum atomic E-state index is 12.9. The largest absolute Gasteiger partial charge is 0.481 e. The number of nitrogens with zero attached hydrogens (tertiary/aromatic N) is 2. The van der Waals surface area contributed by atoms with Gasteiger partial charge in [0.25, 0.3) is 5.91 Å². The second-order valence-corrected chi connectivity index (χ2v) is 9.35. The number of hydrogen-bond acceptors (Lipinski definition) is 4. The third kappa shape index (κ3) is 3.73. The number of piperidine rings is 1. The molecule has 0 aromatic heterocycles. The first-order chi connectivity index (χ1) is 12.7. The van der Waals surface area contributed by atoms with Gasteiger partial charge in [0, 0.05) is 30.7 Å². The quantitative estimate of drug-likeness (QED) is 0.845. The van der Waals surface area contributed by atoms with Gasteiger partial charge < -0.3 is 10.0 Å². The summed E-state index contributed by atoms with van der Waals surface area (Å²) >= 11 is 0. The molecule has 3 atom stereocenters. The zero-order chi connectivity index (χ0) is 19.8. The predicted molar refractivity (Wildman–Crippen MR) is 99.9 cm³/mol. The van der Waals surface area contributed by atoms with E-state index in [1.807, 2.05) is 6.92 Å². The number of likely N-dealkylation sites (tertiary alicyclic amines) is 1. The summed E-state index contributed by atoms with van der Waals surface area (Å²) < 4.78 is 27.3. The number of aliphatic carboxylic acids is 1. The van der Waals surface area contributed by atoms with E-state index in [4.69, 9.17) is 0 Å². The van der Waals surface area contributed by atoms with Crippen LogP contribution < -0.4 is 0 Å². The molecule has 27 heavy (non-hydrogen) atoms. The van der Waals surface area contributed by atoms with E-state index in [1.54, 1.807) is 11.8 Å². The number of hydrogen-bond donors (Lipinski definition) is 1. The standard InChI is InChI=1S/C19H26N2O5S/c1-13-5-3-4-11-21(13)27(25,26)16-8-6-15(7-9-16)18(22)20-12-10-17(14(20)2)19(23)24/h6-9,13-14,17H,3-5,10-12H2,1-2H3,(H,23,24). The van der Waals surface area contributed by atoms with Crippen molar-refractivity contribution in [3.63, 3.8) is 0 Å². The van der Waals surface area contributed by atoms with Crippen LogP contribution in [0, 0.1) is 5.92 Å². The number of rotatable bonds is 4. The minimum atomic E-state index is -3.57. The van der Waals surface area contributed by atoms with Gasteiger partial charge in [-0.05, 0) is 57.4 Å². The molecule has 1 N–H and O–H groups in total. The summed E-state index contributed by atoms with van der Waals surface area (Å²) in [6.45, 7) is 4.57. The summed E-state index contributed by atoms with van der Waals surface area (Å²) in [5, 5.41) is 9.22. The molecule has 0 aliphatic carbocycles. The third-order valence-corrected chi connectivity index (χ3v) is 7.81. The van der Waals surface area contributed by atoms with E-state index < -0.39 is 21.9 Å². The molecule has 2 fully saturated rings. The molecule has 2 aliphatic heterocycles. The Morgan fingerprint density at radius 3 is 2.26 bits per heavy atom. The summed E-state index contributed by atoms with van der Waals surface area (Å²) in [6.07, 6.45) is 3.18. The van der Waals surface area contributed by atoms with E-state index in [2.05, 4.69) is 0 Å². The van der Waals surface area contributed by atoms with Crippen LogP contribution in [0.15, 0.2) is 29.2 Å². The highest BCUT2D eigenvalue weighted by Crippen LogP contribution is 2.28. The molecule has 2 saturated heterocycles. The van der Waals surface area contributed by atoms with Crippen LogP contribution in [0.25, 0.3) is 0 Å². The van der Waals surface area contributed by atoms with E-state index >= 15 is 0 Å². The van der Waals surface area contributed by atoms with Crippen molar-refractivity contribution in [1.29, 1.82) is 0 Å². The van der Waals surface area contributed by atoms with Crippen LogP contribution in [0.3, 0.4) is 0 Å². The van der Waals surface area contributed by atoms with Crippen LogP contribution in [-0.4, -0.2) is 59.8 Å². The minimum Gasteiger partial charge on any atom is -0.481 e. The first-order valence-electron chi connectivity index (χ1n) is 9.39. The molecule has 1 aromatic rings. The molecule has 0 saturated carbocycles. The number of carbonyl (C=O) groups excluding carboxylic acids is 1. The Bertz CT molecular complexity index is 821. The van der Waals surface area contributed by atoms with Crippen LogP contribution in [0.2, 0.25) is 0 Å². The topological polar surface area (TPSA) is 95.0 Å². The lowest BCUT2D eigenvalue weighted by molar-refractivity contribution is -0.142. The van der Waals surface area contributed by atoms with Gasteiger partial charge in [0.2, 0.25) is 10.0 Å². The molecule has 3 unspecified atom stereocenters. The zero-order valence-corrected chi connectivity index (χ0v) is 16.5. The number of benzene rings is 1. The Labute approximate surface area is 160 Å². The van der Waals surface area contributed by atoms with Crippen LogP contribution >= 0.6 is 0 Å². The number of sulfonamides is 1. The highest BCUT2D eigenvalue weighted by Gasteiger charge is 2.38. The molecule has 7 nitrogen and oxygen atoms in total. The maximum Gasteiger partial charge on any atom is 0.308 e. The monoisotopic (exact) mass is 394 g/mol. The fourth-order valence-electron chi connectivity index (χ4n) is 4.06. The van der Waals surface area contributed by atoms with E-state index in [1.165, 1.54) is 28.6 Å². The lowest BCUT2D eigenvalue weighted by atomic mass is 10.0. The fraction of sp³-hybridized carbons (Fsp3) is 0.579. The Hall–Kier alpha value is -1.93. The van der Waals surface area contributed by atoms with Crippen molar-refractivity contribution in [1.82, 2.24) is 9.21 Å². The molecule has 1 amide bonds. The van der Waals surface area contributed by atoms with Crippen molar-refractivity contribution in [2.45, 2.75) is 56.5 Å². The molecular formula is C19H26N2O5S. The summed E-state index contributed by atoms with van der Waals surface area (Å²) in [5.41, 5.74) is 0.374. The lowest BCUT2D eigenvalue weighted by Crippen LogP contribution is -2.41. The van der Waals surface area contributed by atoms with Crippen molar-refractivity contribution in [2.24, 2.45) is 5.92 Å². The number of amides is 1. The minimum absolute atomic E-state index is 0.0246. The summed E-state index contributed by atoms with van der Waals surface area (Å²) in [5.74, 6) is -1.72. The predicted octanol–water partition coefficient (Wildman–Crippen LogP) is 2.18. The number of carboxylic acids is 1. The van der Waals surface area contributed by atoms with Crippen molar-refractivity contribution < 1.29 is 23.1 Å². The average Bonchev–Trinajstić information content (AvgIpc) is 3.03. The van der Waals surface area contributed by atoms with Crippen molar-refractivity contribution >= 4 is 21.9 Å². The van der Waals surface area contributed by atoms with Crippen LogP contribution in [-0.2, 0) is 14.8 Å². The van der Waals surface area contributed by atoms with Crippen molar-refractivity contribution in [3.05, 3.63) is 29.8 Å². The highest BCUT2D eigenvalue weighted by atomic mass is 32.2. The van der Waals surface area contributed by atoms with Crippen LogP contribution in [0.4, 0.5) is 0 Å². The molecule has 0 radical (unpaired) electrons. The van der Waals surface area contributed by atoms with E-state index in [0.29, 0.717) is 25.1 Å². The first-order valence-corrected chi connectivity index (χ1v) is 10.8. The summed E-state index contributed by atoms with van der Waals surface area (Å²) in [7, 11) is -3.57. The van der Waals surface area contributed by atoms with Crippen molar-refractivity contribution in [3.8, 4) is 0 Å². The first kappa shape index (κ1) is 19.8. The molecule has 0 spiro atoms. The second kappa shape index (κ2) is 7.59. The molecule has 2 aliphatic rings. The molecular weight excluding hydrogens is 368 g/mol. The van der Waals surface area contributed by atoms with Gasteiger partial charge in [-0.25, -0.2) is 8.42 Å². The molecule has 148 valence electrons.